The Morgan fingerprint density at radius 2 is 2.00 bits per heavy atom. The van der Waals surface area contributed by atoms with Crippen LogP contribution in [0.4, 0.5) is 5.82 Å². The van der Waals surface area contributed by atoms with Crippen molar-refractivity contribution in [2.24, 2.45) is 5.92 Å². The highest BCUT2D eigenvalue weighted by molar-refractivity contribution is 5.39. The lowest BCUT2D eigenvalue weighted by Crippen LogP contribution is -2.47. The van der Waals surface area contributed by atoms with Gasteiger partial charge < -0.3 is 10.2 Å². The second kappa shape index (κ2) is 6.55. The number of nitrogens with zero attached hydrogens (tertiary/aromatic N) is 3. The van der Waals surface area contributed by atoms with Gasteiger partial charge in [0.05, 0.1) is 5.69 Å². The van der Waals surface area contributed by atoms with Crippen molar-refractivity contribution in [2.45, 2.75) is 26.3 Å². The summed E-state index contributed by atoms with van der Waals surface area (Å²) < 4.78 is 0. The first-order chi connectivity index (χ1) is 9.85. The summed E-state index contributed by atoms with van der Waals surface area (Å²) in [4.78, 5) is 9.83. The van der Waals surface area contributed by atoms with Crippen LogP contribution in [0.3, 0.4) is 0 Å². The molecule has 1 saturated carbocycles. The molecule has 0 unspecified atom stereocenters. The molecule has 1 aliphatic heterocycles. The summed E-state index contributed by atoms with van der Waals surface area (Å²) in [5.41, 5.74) is 1.14. The Hall–Kier alpha value is -1.13. The molecule has 4 heteroatoms. The summed E-state index contributed by atoms with van der Waals surface area (Å²) in [6, 6.07) is 6.38. The largest absolute Gasteiger partial charge is 0.354 e. The van der Waals surface area contributed by atoms with Gasteiger partial charge in [0.2, 0.25) is 0 Å². The molecule has 1 aliphatic carbocycles. The van der Waals surface area contributed by atoms with E-state index in [1.807, 2.05) is 0 Å². The smallest absolute Gasteiger partial charge is 0.128 e. The molecule has 2 fully saturated rings. The van der Waals surface area contributed by atoms with Crippen LogP contribution in [0.1, 0.15) is 25.5 Å². The number of hydrogen-bond donors (Lipinski definition) is 1. The minimum absolute atomic E-state index is 0.867. The fourth-order valence-corrected chi connectivity index (χ4v) is 2.82. The average molecular weight is 274 g/mol. The van der Waals surface area contributed by atoms with E-state index in [9.17, 15) is 0 Å². The third-order valence-corrected chi connectivity index (χ3v) is 4.26. The topological polar surface area (TPSA) is 31.4 Å². The summed E-state index contributed by atoms with van der Waals surface area (Å²) in [6.07, 6.45) is 2.91. The standard InChI is InChI=1S/C16H26N4/c1-2-17-12-15-4-3-5-16(18-15)20-10-8-19(9-11-20)13-14-6-7-14/h3-5,14,17H,2,6-13H2,1H3. The van der Waals surface area contributed by atoms with Crippen LogP contribution < -0.4 is 10.2 Å². The molecule has 0 spiro atoms. The highest BCUT2D eigenvalue weighted by Gasteiger charge is 2.26. The van der Waals surface area contributed by atoms with Gasteiger partial charge in [-0.25, -0.2) is 4.98 Å². The van der Waals surface area contributed by atoms with Crippen molar-refractivity contribution >= 4 is 5.82 Å². The van der Waals surface area contributed by atoms with Gasteiger partial charge in [0.1, 0.15) is 5.82 Å². The van der Waals surface area contributed by atoms with E-state index in [1.54, 1.807) is 0 Å². The minimum Gasteiger partial charge on any atom is -0.354 e. The summed E-state index contributed by atoms with van der Waals surface area (Å²) in [6.45, 7) is 9.92. The van der Waals surface area contributed by atoms with Gasteiger partial charge in [0.15, 0.2) is 0 Å². The summed E-state index contributed by atoms with van der Waals surface area (Å²) in [5, 5.41) is 3.34. The second-order valence-electron chi connectivity index (χ2n) is 6.00. The molecule has 0 bridgehead atoms. The predicted octanol–water partition coefficient (Wildman–Crippen LogP) is 1.72. The number of rotatable bonds is 6. The molecular weight excluding hydrogens is 248 g/mol. The second-order valence-corrected chi connectivity index (χ2v) is 6.00. The van der Waals surface area contributed by atoms with Crippen LogP contribution in [0.15, 0.2) is 18.2 Å². The van der Waals surface area contributed by atoms with E-state index < -0.39 is 0 Å². The molecule has 3 rings (SSSR count). The number of piperazine rings is 1. The molecule has 0 atom stereocenters. The summed E-state index contributed by atoms with van der Waals surface area (Å²) in [5.74, 6) is 2.15. The van der Waals surface area contributed by atoms with E-state index in [-0.39, 0.29) is 0 Å². The molecule has 2 aliphatic rings. The predicted molar refractivity (Wildman–Crippen MR) is 83.0 cm³/mol. The Bertz CT molecular complexity index is 422. The van der Waals surface area contributed by atoms with Crippen molar-refractivity contribution in [3.8, 4) is 0 Å². The molecule has 0 radical (unpaired) electrons. The van der Waals surface area contributed by atoms with Crippen LogP contribution in [0, 0.1) is 5.92 Å². The van der Waals surface area contributed by atoms with Gasteiger partial charge in [-0.3, -0.25) is 4.90 Å². The van der Waals surface area contributed by atoms with Crippen molar-refractivity contribution in [1.82, 2.24) is 15.2 Å². The van der Waals surface area contributed by atoms with Crippen LogP contribution >= 0.6 is 0 Å². The highest BCUT2D eigenvalue weighted by Crippen LogP contribution is 2.30. The van der Waals surface area contributed by atoms with E-state index in [0.29, 0.717) is 0 Å². The first kappa shape index (κ1) is 13.8. The van der Waals surface area contributed by atoms with Gasteiger partial charge >= 0.3 is 0 Å². The zero-order chi connectivity index (χ0) is 13.8. The lowest BCUT2D eigenvalue weighted by molar-refractivity contribution is 0.247. The molecule has 1 aromatic heterocycles. The Morgan fingerprint density at radius 1 is 1.20 bits per heavy atom. The zero-order valence-corrected chi connectivity index (χ0v) is 12.5. The summed E-state index contributed by atoms with van der Waals surface area (Å²) in [7, 11) is 0. The zero-order valence-electron chi connectivity index (χ0n) is 12.5. The Kier molecular flexibility index (Phi) is 4.53. The lowest BCUT2D eigenvalue weighted by Gasteiger charge is -2.35. The molecular formula is C16H26N4. The molecule has 1 saturated heterocycles. The van der Waals surface area contributed by atoms with E-state index in [0.717, 1.165) is 43.6 Å². The Balaban J connectivity index is 1.53. The maximum atomic E-state index is 4.78. The third-order valence-electron chi connectivity index (χ3n) is 4.26. The molecule has 1 N–H and O–H groups in total. The molecule has 0 amide bonds. The number of aromatic nitrogens is 1. The molecule has 20 heavy (non-hydrogen) atoms. The maximum Gasteiger partial charge on any atom is 0.128 e. The van der Waals surface area contributed by atoms with Gasteiger partial charge in [-0.1, -0.05) is 13.0 Å². The third kappa shape index (κ3) is 3.70. The fraction of sp³-hybridized carbons (Fsp3) is 0.688. The molecule has 4 nitrogen and oxygen atoms in total. The maximum absolute atomic E-state index is 4.78. The van der Waals surface area contributed by atoms with E-state index in [4.69, 9.17) is 4.98 Å². The van der Waals surface area contributed by atoms with Gasteiger partial charge in [-0.15, -0.1) is 0 Å². The first-order valence-corrected chi connectivity index (χ1v) is 7.99. The monoisotopic (exact) mass is 274 g/mol. The van der Waals surface area contributed by atoms with Gasteiger partial charge in [-0.2, -0.15) is 0 Å². The number of nitrogens with one attached hydrogen (secondary N) is 1. The normalized spacial score (nSPS) is 20.4. The highest BCUT2D eigenvalue weighted by atomic mass is 15.3. The number of hydrogen-bond acceptors (Lipinski definition) is 4. The Morgan fingerprint density at radius 3 is 2.70 bits per heavy atom. The SMILES string of the molecule is CCNCc1cccc(N2CCN(CC3CC3)CC2)n1. The van der Waals surface area contributed by atoms with Gasteiger partial charge in [0, 0.05) is 39.3 Å². The van der Waals surface area contributed by atoms with Crippen molar-refractivity contribution < 1.29 is 0 Å². The average Bonchev–Trinajstić information content (AvgIpc) is 3.30. The quantitative estimate of drug-likeness (QED) is 0.856. The van der Waals surface area contributed by atoms with Crippen molar-refractivity contribution in [2.75, 3.05) is 44.2 Å². The van der Waals surface area contributed by atoms with Crippen LogP contribution in [0.5, 0.6) is 0 Å². The molecule has 2 heterocycles. The van der Waals surface area contributed by atoms with Crippen molar-refractivity contribution in [3.63, 3.8) is 0 Å². The molecule has 1 aromatic rings. The number of anilines is 1. The fourth-order valence-electron chi connectivity index (χ4n) is 2.82. The minimum atomic E-state index is 0.867. The van der Waals surface area contributed by atoms with Crippen LogP contribution in [0.2, 0.25) is 0 Å². The van der Waals surface area contributed by atoms with Crippen LogP contribution in [0.25, 0.3) is 0 Å². The van der Waals surface area contributed by atoms with Crippen molar-refractivity contribution in [1.29, 1.82) is 0 Å². The van der Waals surface area contributed by atoms with Crippen LogP contribution in [-0.4, -0.2) is 49.2 Å². The number of pyridine rings is 1. The van der Waals surface area contributed by atoms with E-state index in [1.165, 1.54) is 32.5 Å². The van der Waals surface area contributed by atoms with Crippen LogP contribution in [-0.2, 0) is 6.54 Å². The first-order valence-electron chi connectivity index (χ1n) is 7.99. The summed E-state index contributed by atoms with van der Waals surface area (Å²) >= 11 is 0. The van der Waals surface area contributed by atoms with E-state index in [2.05, 4.69) is 40.2 Å². The molecule has 0 aromatic carbocycles. The van der Waals surface area contributed by atoms with Crippen molar-refractivity contribution in [3.05, 3.63) is 23.9 Å². The molecule has 110 valence electrons. The van der Waals surface area contributed by atoms with Gasteiger partial charge in [-0.05, 0) is 37.4 Å². The van der Waals surface area contributed by atoms with Gasteiger partial charge in [0.25, 0.3) is 0 Å². The lowest BCUT2D eigenvalue weighted by atomic mass is 10.2. The van der Waals surface area contributed by atoms with E-state index >= 15 is 0 Å². The Labute approximate surface area is 122 Å².